The minimum absolute atomic E-state index is 0.0609. The van der Waals surface area contributed by atoms with E-state index in [0.717, 1.165) is 0 Å². The number of rotatable bonds is 4. The van der Waals surface area contributed by atoms with Gasteiger partial charge in [-0.25, -0.2) is 13.2 Å². The van der Waals surface area contributed by atoms with E-state index in [0.29, 0.717) is 10.9 Å². The van der Waals surface area contributed by atoms with Gasteiger partial charge < -0.3 is 10.1 Å². The van der Waals surface area contributed by atoms with Crippen LogP contribution < -0.4 is 5.32 Å². The summed E-state index contributed by atoms with van der Waals surface area (Å²) in [6, 6.07) is 4.27. The third-order valence-electron chi connectivity index (χ3n) is 3.08. The van der Waals surface area contributed by atoms with Crippen LogP contribution in [0.1, 0.15) is 16.8 Å². The fourth-order valence-electron chi connectivity index (χ4n) is 2.04. The van der Waals surface area contributed by atoms with Crippen LogP contribution in [0.15, 0.2) is 22.7 Å². The Labute approximate surface area is 141 Å². The second-order valence-electron chi connectivity index (χ2n) is 4.87. The van der Waals surface area contributed by atoms with Crippen LogP contribution in [0.3, 0.4) is 0 Å². The van der Waals surface area contributed by atoms with Crippen LogP contribution in [0, 0.1) is 0 Å². The van der Waals surface area contributed by atoms with E-state index in [9.17, 15) is 18.0 Å². The molecule has 1 atom stereocenters. The Morgan fingerprint density at radius 3 is 2.77 bits per heavy atom. The summed E-state index contributed by atoms with van der Waals surface area (Å²) in [5.74, 6) is -1.28. The highest BCUT2D eigenvalue weighted by Gasteiger charge is 2.29. The van der Waals surface area contributed by atoms with Gasteiger partial charge in [0.15, 0.2) is 16.4 Å². The van der Waals surface area contributed by atoms with Crippen LogP contribution in [0.2, 0.25) is 5.02 Å². The molecular formula is C13H13BrClNO5S. The predicted octanol–water partition coefficient (Wildman–Crippen LogP) is 1.56. The van der Waals surface area contributed by atoms with E-state index in [1.54, 1.807) is 6.07 Å². The molecule has 22 heavy (non-hydrogen) atoms. The fourth-order valence-corrected chi connectivity index (χ4v) is 4.27. The number of carbonyl (C=O) groups excluding carboxylic acids is 2. The Bertz CT molecular complexity index is 706. The lowest BCUT2D eigenvalue weighted by atomic mass is 10.2. The smallest absolute Gasteiger partial charge is 0.340 e. The summed E-state index contributed by atoms with van der Waals surface area (Å²) in [6.07, 6.45) is 0.374. The van der Waals surface area contributed by atoms with Gasteiger partial charge in [0.2, 0.25) is 0 Å². The third-order valence-corrected chi connectivity index (χ3v) is 5.67. The average Bonchev–Trinajstić information content (AvgIpc) is 2.78. The molecule has 0 radical (unpaired) electrons. The molecule has 1 aliphatic rings. The topological polar surface area (TPSA) is 89.5 Å². The zero-order valence-electron chi connectivity index (χ0n) is 11.3. The number of nitrogens with one attached hydrogen (secondary N) is 1. The van der Waals surface area contributed by atoms with Crippen LogP contribution in [0.4, 0.5) is 0 Å². The Hall–Kier alpha value is -1.12. The van der Waals surface area contributed by atoms with Gasteiger partial charge in [0.1, 0.15) is 0 Å². The summed E-state index contributed by atoms with van der Waals surface area (Å²) in [5.41, 5.74) is 0.146. The van der Waals surface area contributed by atoms with Crippen LogP contribution in [0.5, 0.6) is 0 Å². The first-order chi connectivity index (χ1) is 10.3. The first-order valence-electron chi connectivity index (χ1n) is 6.39. The highest BCUT2D eigenvalue weighted by molar-refractivity contribution is 9.10. The fraction of sp³-hybridized carbons (Fsp3) is 0.385. The molecule has 0 aromatic heterocycles. The lowest BCUT2D eigenvalue weighted by Gasteiger charge is -2.11. The summed E-state index contributed by atoms with van der Waals surface area (Å²) in [5, 5.41) is 2.75. The van der Waals surface area contributed by atoms with E-state index in [2.05, 4.69) is 21.2 Å². The van der Waals surface area contributed by atoms with Crippen LogP contribution in [-0.4, -0.2) is 44.4 Å². The molecule has 0 bridgehead atoms. The standard InChI is InChI=1S/C13H13BrClNO5S/c14-8-1-2-11(15)10(5-8)13(18)21-6-12(17)16-9-3-4-22(19,20)7-9/h1-2,5,9H,3-4,6-7H2,(H,16,17). The number of sulfone groups is 1. The molecule has 1 heterocycles. The first-order valence-corrected chi connectivity index (χ1v) is 9.38. The van der Waals surface area contributed by atoms with E-state index >= 15 is 0 Å². The van der Waals surface area contributed by atoms with E-state index < -0.39 is 34.4 Å². The molecule has 1 fully saturated rings. The van der Waals surface area contributed by atoms with Gasteiger partial charge in [0, 0.05) is 10.5 Å². The number of benzene rings is 1. The molecule has 1 aromatic rings. The zero-order chi connectivity index (χ0) is 16.3. The third kappa shape index (κ3) is 4.69. The van der Waals surface area contributed by atoms with Gasteiger partial charge in [0.25, 0.3) is 5.91 Å². The molecule has 1 amide bonds. The molecule has 1 aliphatic heterocycles. The zero-order valence-corrected chi connectivity index (χ0v) is 14.5. The molecule has 120 valence electrons. The van der Waals surface area contributed by atoms with Crippen LogP contribution in [-0.2, 0) is 19.4 Å². The average molecular weight is 411 g/mol. The van der Waals surface area contributed by atoms with Gasteiger partial charge in [0.05, 0.1) is 22.1 Å². The summed E-state index contributed by atoms with van der Waals surface area (Å²) in [4.78, 5) is 23.5. The van der Waals surface area contributed by atoms with Gasteiger partial charge in [-0.1, -0.05) is 27.5 Å². The second-order valence-corrected chi connectivity index (χ2v) is 8.42. The number of halogens is 2. The van der Waals surface area contributed by atoms with Crippen LogP contribution >= 0.6 is 27.5 Å². The van der Waals surface area contributed by atoms with Crippen molar-refractivity contribution < 1.29 is 22.7 Å². The van der Waals surface area contributed by atoms with Gasteiger partial charge in [-0.05, 0) is 24.6 Å². The summed E-state index contributed by atoms with van der Waals surface area (Å²) >= 11 is 9.10. The number of hydrogen-bond acceptors (Lipinski definition) is 5. The van der Waals surface area contributed by atoms with Crippen LogP contribution in [0.25, 0.3) is 0 Å². The molecule has 0 saturated carbocycles. The Balaban J connectivity index is 1.86. The van der Waals surface area contributed by atoms with Gasteiger partial charge in [-0.3, -0.25) is 4.79 Å². The molecule has 1 saturated heterocycles. The molecule has 1 unspecified atom stereocenters. The summed E-state index contributed by atoms with van der Waals surface area (Å²) in [7, 11) is -3.07. The Morgan fingerprint density at radius 2 is 2.14 bits per heavy atom. The molecule has 2 rings (SSSR count). The highest BCUT2D eigenvalue weighted by Crippen LogP contribution is 2.21. The normalized spacial score (nSPS) is 19.6. The quantitative estimate of drug-likeness (QED) is 0.761. The lowest BCUT2D eigenvalue weighted by Crippen LogP contribution is -2.38. The van der Waals surface area contributed by atoms with Gasteiger partial charge >= 0.3 is 5.97 Å². The summed E-state index contributed by atoms with van der Waals surface area (Å²) in [6.45, 7) is -0.488. The maximum atomic E-state index is 11.9. The van der Waals surface area contributed by atoms with E-state index in [1.165, 1.54) is 12.1 Å². The molecule has 6 nitrogen and oxygen atoms in total. The molecule has 0 aliphatic carbocycles. The largest absolute Gasteiger partial charge is 0.452 e. The van der Waals surface area contributed by atoms with E-state index in [-0.39, 0.29) is 22.1 Å². The van der Waals surface area contributed by atoms with E-state index in [4.69, 9.17) is 16.3 Å². The van der Waals surface area contributed by atoms with Crippen molar-refractivity contribution >= 4 is 49.2 Å². The van der Waals surface area contributed by atoms with Crippen molar-refractivity contribution in [2.24, 2.45) is 0 Å². The van der Waals surface area contributed by atoms with E-state index in [1.807, 2.05) is 0 Å². The van der Waals surface area contributed by atoms with Crippen molar-refractivity contribution in [3.63, 3.8) is 0 Å². The molecule has 0 spiro atoms. The van der Waals surface area contributed by atoms with Crippen molar-refractivity contribution in [3.8, 4) is 0 Å². The Kier molecular flexibility index (Phi) is 5.46. The van der Waals surface area contributed by atoms with Crippen molar-refractivity contribution in [3.05, 3.63) is 33.3 Å². The monoisotopic (exact) mass is 409 g/mol. The minimum Gasteiger partial charge on any atom is -0.452 e. The van der Waals surface area contributed by atoms with Crippen molar-refractivity contribution in [2.75, 3.05) is 18.1 Å². The maximum Gasteiger partial charge on any atom is 0.340 e. The second kappa shape index (κ2) is 6.97. The van der Waals surface area contributed by atoms with Crippen molar-refractivity contribution in [1.82, 2.24) is 5.32 Å². The Morgan fingerprint density at radius 1 is 1.41 bits per heavy atom. The molecule has 1 N–H and O–H groups in total. The molecule has 9 heteroatoms. The van der Waals surface area contributed by atoms with Gasteiger partial charge in [-0.2, -0.15) is 0 Å². The lowest BCUT2D eigenvalue weighted by molar-refractivity contribution is -0.124. The SMILES string of the molecule is O=C(COC(=O)c1cc(Br)ccc1Cl)NC1CCS(=O)(=O)C1. The van der Waals surface area contributed by atoms with Crippen molar-refractivity contribution in [2.45, 2.75) is 12.5 Å². The maximum absolute atomic E-state index is 11.9. The number of hydrogen-bond donors (Lipinski definition) is 1. The highest BCUT2D eigenvalue weighted by atomic mass is 79.9. The number of esters is 1. The molecule has 1 aromatic carbocycles. The molecular weight excluding hydrogens is 398 g/mol. The number of ether oxygens (including phenoxy) is 1. The summed E-state index contributed by atoms with van der Waals surface area (Å²) < 4.78 is 28.1. The number of amides is 1. The van der Waals surface area contributed by atoms with Gasteiger partial charge in [-0.15, -0.1) is 0 Å². The minimum atomic E-state index is -3.07. The first kappa shape index (κ1) is 17.2. The van der Waals surface area contributed by atoms with Crippen molar-refractivity contribution in [1.29, 1.82) is 0 Å². The number of carbonyl (C=O) groups is 2. The predicted molar refractivity (Wildman–Crippen MR) is 84.6 cm³/mol.